The third kappa shape index (κ3) is 3.80. The maximum absolute atomic E-state index is 12.6. The number of hydrogen-bond acceptors (Lipinski definition) is 5. The lowest BCUT2D eigenvalue weighted by Crippen LogP contribution is -2.15. The molecule has 0 aliphatic rings. The molecule has 8 heteroatoms. The molecule has 26 heavy (non-hydrogen) atoms. The molecule has 0 unspecified atom stereocenters. The minimum atomic E-state index is -3.83. The van der Waals surface area contributed by atoms with Gasteiger partial charge in [-0.15, -0.1) is 0 Å². The van der Waals surface area contributed by atoms with Crippen molar-refractivity contribution in [3.05, 3.63) is 63.9 Å². The molecule has 1 aromatic heterocycles. The van der Waals surface area contributed by atoms with Crippen LogP contribution in [0.15, 0.2) is 59.6 Å². The fraction of sp³-hybridized carbons (Fsp3) is 0.111. The number of anilines is 1. The van der Waals surface area contributed by atoms with Crippen LogP contribution in [0.4, 0.5) is 5.82 Å². The number of sulfonamides is 1. The number of rotatable bonds is 5. The topological polar surface area (TPSA) is 85.4 Å². The minimum absolute atomic E-state index is 0.0382. The van der Waals surface area contributed by atoms with Crippen molar-refractivity contribution < 1.29 is 17.9 Å². The first-order valence-corrected chi connectivity index (χ1v) is 10.3. The van der Waals surface area contributed by atoms with Gasteiger partial charge in [-0.1, -0.05) is 24.3 Å². The Bertz CT molecular complexity index is 1070. The van der Waals surface area contributed by atoms with Gasteiger partial charge in [-0.05, 0) is 53.8 Å². The Morgan fingerprint density at radius 3 is 2.54 bits per heavy atom. The van der Waals surface area contributed by atoms with Crippen molar-refractivity contribution in [3.8, 4) is 0 Å². The third-order valence-electron chi connectivity index (χ3n) is 3.64. The van der Waals surface area contributed by atoms with E-state index >= 15 is 0 Å². The summed E-state index contributed by atoms with van der Waals surface area (Å²) in [6, 6.07) is 13.2. The highest BCUT2D eigenvalue weighted by molar-refractivity contribution is 14.1. The molecule has 0 spiro atoms. The summed E-state index contributed by atoms with van der Waals surface area (Å²) < 4.78 is 33.4. The number of ether oxygens (including phenoxy) is 1. The van der Waals surface area contributed by atoms with Crippen LogP contribution in [0.5, 0.6) is 0 Å². The smallest absolute Gasteiger partial charge is 0.338 e. The number of halogens is 1. The van der Waals surface area contributed by atoms with Crippen LogP contribution < -0.4 is 4.72 Å². The SMILES string of the molecule is CCOC(=O)c1ccc(S(=O)(=O)Nc2ncc3ccccc3c2I)cc1. The molecule has 0 bridgehead atoms. The summed E-state index contributed by atoms with van der Waals surface area (Å²) in [5.74, 6) is -0.228. The molecule has 0 fully saturated rings. The number of fused-ring (bicyclic) bond motifs is 1. The Balaban J connectivity index is 1.89. The van der Waals surface area contributed by atoms with Gasteiger partial charge in [0, 0.05) is 17.0 Å². The number of carbonyl (C=O) groups is 1. The number of carbonyl (C=O) groups excluding carboxylic acids is 1. The molecule has 0 aliphatic heterocycles. The second kappa shape index (κ2) is 7.58. The Hall–Kier alpha value is -2.20. The van der Waals surface area contributed by atoms with Crippen LogP contribution in [0.25, 0.3) is 10.8 Å². The number of pyridine rings is 1. The van der Waals surface area contributed by atoms with Gasteiger partial charge in [0.2, 0.25) is 0 Å². The van der Waals surface area contributed by atoms with Gasteiger partial charge in [0.15, 0.2) is 5.82 Å². The van der Waals surface area contributed by atoms with E-state index in [2.05, 4.69) is 32.3 Å². The molecule has 0 saturated carbocycles. The molecule has 0 amide bonds. The molecule has 134 valence electrons. The lowest BCUT2D eigenvalue weighted by atomic mass is 10.2. The second-order valence-corrected chi connectivity index (χ2v) is 8.12. The number of aromatic nitrogens is 1. The zero-order chi connectivity index (χ0) is 18.7. The summed E-state index contributed by atoms with van der Waals surface area (Å²) in [6.07, 6.45) is 1.62. The van der Waals surface area contributed by atoms with Crippen molar-refractivity contribution in [1.82, 2.24) is 4.98 Å². The molecule has 1 N–H and O–H groups in total. The summed E-state index contributed by atoms with van der Waals surface area (Å²) in [7, 11) is -3.83. The highest BCUT2D eigenvalue weighted by atomic mass is 127. The van der Waals surface area contributed by atoms with Crippen molar-refractivity contribution in [2.45, 2.75) is 11.8 Å². The highest BCUT2D eigenvalue weighted by Crippen LogP contribution is 2.27. The molecule has 0 saturated heterocycles. The Morgan fingerprint density at radius 1 is 1.15 bits per heavy atom. The fourth-order valence-corrected chi connectivity index (χ4v) is 4.34. The Labute approximate surface area is 164 Å². The average Bonchev–Trinajstić information content (AvgIpc) is 2.64. The number of benzene rings is 2. The van der Waals surface area contributed by atoms with Crippen LogP contribution in [-0.4, -0.2) is 26.0 Å². The van der Waals surface area contributed by atoms with Crippen LogP contribution in [0, 0.1) is 3.57 Å². The summed E-state index contributed by atoms with van der Waals surface area (Å²) in [5.41, 5.74) is 0.296. The van der Waals surface area contributed by atoms with Crippen molar-refractivity contribution in [3.63, 3.8) is 0 Å². The van der Waals surface area contributed by atoms with Crippen molar-refractivity contribution in [2.75, 3.05) is 11.3 Å². The van der Waals surface area contributed by atoms with Gasteiger partial charge in [-0.3, -0.25) is 4.72 Å². The van der Waals surface area contributed by atoms with E-state index in [0.29, 0.717) is 9.13 Å². The van der Waals surface area contributed by atoms with Gasteiger partial charge >= 0.3 is 5.97 Å². The first-order chi connectivity index (χ1) is 12.4. The summed E-state index contributed by atoms with van der Waals surface area (Å²) in [6.45, 7) is 1.96. The normalized spacial score (nSPS) is 11.3. The molecule has 3 aromatic rings. The average molecular weight is 482 g/mol. The number of hydrogen-bond donors (Lipinski definition) is 1. The molecule has 0 aliphatic carbocycles. The molecule has 0 radical (unpaired) electrons. The van der Waals surface area contributed by atoms with Gasteiger partial charge in [0.05, 0.1) is 20.6 Å². The van der Waals surface area contributed by atoms with Gasteiger partial charge < -0.3 is 4.74 Å². The number of esters is 1. The molecule has 6 nitrogen and oxygen atoms in total. The van der Waals surface area contributed by atoms with Gasteiger partial charge in [-0.2, -0.15) is 0 Å². The monoisotopic (exact) mass is 482 g/mol. The van der Waals surface area contributed by atoms with Crippen LogP contribution >= 0.6 is 22.6 Å². The number of nitrogens with one attached hydrogen (secondary N) is 1. The van der Waals surface area contributed by atoms with E-state index in [1.807, 2.05) is 24.3 Å². The predicted octanol–water partition coefficient (Wildman–Crippen LogP) is 3.82. The van der Waals surface area contributed by atoms with E-state index < -0.39 is 16.0 Å². The third-order valence-corrected chi connectivity index (χ3v) is 6.09. The van der Waals surface area contributed by atoms with Crippen molar-refractivity contribution in [1.29, 1.82) is 0 Å². The standard InChI is InChI=1S/C18H15IN2O4S/c1-2-25-18(22)12-7-9-14(10-8-12)26(23,24)21-17-16(19)15-6-4-3-5-13(15)11-20-17/h3-11H,2H2,1H3,(H,20,21). The van der Waals surface area contributed by atoms with E-state index in [-0.39, 0.29) is 17.3 Å². The van der Waals surface area contributed by atoms with E-state index in [4.69, 9.17) is 4.74 Å². The van der Waals surface area contributed by atoms with E-state index in [1.54, 1.807) is 13.1 Å². The molecular weight excluding hydrogens is 467 g/mol. The first-order valence-electron chi connectivity index (χ1n) is 7.75. The molecule has 0 atom stereocenters. The molecular formula is C18H15IN2O4S. The van der Waals surface area contributed by atoms with Crippen LogP contribution in [0.2, 0.25) is 0 Å². The fourth-order valence-electron chi connectivity index (χ4n) is 2.37. The van der Waals surface area contributed by atoms with E-state index in [1.165, 1.54) is 24.3 Å². The van der Waals surface area contributed by atoms with Crippen LogP contribution in [0.3, 0.4) is 0 Å². The van der Waals surface area contributed by atoms with Crippen LogP contribution in [0.1, 0.15) is 17.3 Å². The van der Waals surface area contributed by atoms with Crippen molar-refractivity contribution >= 4 is 55.2 Å². The van der Waals surface area contributed by atoms with E-state index in [0.717, 1.165) is 10.8 Å². The van der Waals surface area contributed by atoms with Gasteiger partial charge in [-0.25, -0.2) is 18.2 Å². The zero-order valence-corrected chi connectivity index (χ0v) is 16.7. The summed E-state index contributed by atoms with van der Waals surface area (Å²) >= 11 is 2.07. The van der Waals surface area contributed by atoms with Crippen LogP contribution in [-0.2, 0) is 14.8 Å². The largest absolute Gasteiger partial charge is 0.462 e. The second-order valence-electron chi connectivity index (χ2n) is 5.36. The summed E-state index contributed by atoms with van der Waals surface area (Å²) in [4.78, 5) is 15.9. The quantitative estimate of drug-likeness (QED) is 0.442. The Morgan fingerprint density at radius 2 is 1.85 bits per heavy atom. The van der Waals surface area contributed by atoms with Gasteiger partial charge in [0.25, 0.3) is 10.0 Å². The maximum atomic E-state index is 12.6. The van der Waals surface area contributed by atoms with E-state index in [9.17, 15) is 13.2 Å². The Kier molecular flexibility index (Phi) is 5.42. The summed E-state index contributed by atoms with van der Waals surface area (Å²) in [5, 5.41) is 1.84. The number of nitrogens with zero attached hydrogens (tertiary/aromatic N) is 1. The lowest BCUT2D eigenvalue weighted by Gasteiger charge is -2.11. The predicted molar refractivity (Wildman–Crippen MR) is 108 cm³/mol. The molecule has 3 rings (SSSR count). The zero-order valence-electron chi connectivity index (χ0n) is 13.8. The molecule has 2 aromatic carbocycles. The highest BCUT2D eigenvalue weighted by Gasteiger charge is 2.18. The van der Waals surface area contributed by atoms with Crippen molar-refractivity contribution in [2.24, 2.45) is 0 Å². The lowest BCUT2D eigenvalue weighted by molar-refractivity contribution is 0.0526. The molecule has 1 heterocycles. The van der Waals surface area contributed by atoms with Gasteiger partial charge in [0.1, 0.15) is 0 Å². The maximum Gasteiger partial charge on any atom is 0.338 e. The minimum Gasteiger partial charge on any atom is -0.462 e. The first kappa shape index (κ1) is 18.6.